The Labute approximate surface area is 817 Å². The minimum absolute atomic E-state index is 0.750. The van der Waals surface area contributed by atoms with Gasteiger partial charge in [-0.15, -0.1) is 68.6 Å². The monoisotopic (exact) mass is 2020 g/mol. The third-order valence-electron chi connectivity index (χ3n) is 10.2. The van der Waals surface area contributed by atoms with Crippen LogP contribution in [0.4, 0.5) is 0 Å². The van der Waals surface area contributed by atoms with E-state index in [1.165, 1.54) is 172 Å². The number of nitrogens with one attached hydrogen (secondary N) is 6. The Morgan fingerprint density at radius 3 is 1.16 bits per heavy atom. The lowest BCUT2D eigenvalue weighted by Crippen LogP contribution is -2.22. The average Bonchev–Trinajstić information content (AvgIpc) is 1.98. The fourth-order valence-electron chi connectivity index (χ4n) is 5.32. The molecule has 0 bridgehead atoms. The molecule has 0 spiro atoms. The molecule has 0 aliphatic carbocycles. The molecule has 6 N–H and O–H groups in total. The van der Waals surface area contributed by atoms with E-state index in [2.05, 4.69) is 247 Å². The maximum Gasteiger partial charge on any atom is 0.213 e. The molecular weight excluding hydrogens is 1930 g/mol. The zero-order chi connectivity index (χ0) is 98.6. The smallest absolute Gasteiger partial charge is 0.213 e. The van der Waals surface area contributed by atoms with Crippen LogP contribution in [-0.2, 0) is 10.8 Å². The molecule has 0 amide bonds. The Kier molecular flexibility index (Phi) is 94.2. The maximum atomic E-state index is 10.2. The highest BCUT2D eigenvalue weighted by atomic mass is 32.2. The van der Waals surface area contributed by atoms with E-state index in [9.17, 15) is 9.42 Å². The number of aromatic nitrogens is 45. The number of allylic oxidation sites excluding steroid dienone is 2. The van der Waals surface area contributed by atoms with Crippen molar-refractivity contribution in [3.8, 4) is 0 Å². The first-order chi connectivity index (χ1) is 69.3. The molecule has 0 atom stereocenters. The molecule has 25 aromatic rings. The van der Waals surface area contributed by atoms with E-state index >= 15 is 0 Å². The first-order valence-electron chi connectivity index (χ1n) is 37.4. The van der Waals surface area contributed by atoms with Crippen LogP contribution < -0.4 is 4.73 Å². The zero-order valence-corrected chi connectivity index (χ0v) is 77.9. The Morgan fingerprint density at radius 2 is 0.971 bits per heavy atom. The number of H-pyrrole nitrogens is 6. The molecule has 1 aliphatic heterocycles. The van der Waals surface area contributed by atoms with Crippen molar-refractivity contribution >= 4 is 79.6 Å². The van der Waals surface area contributed by atoms with Crippen molar-refractivity contribution in [1.29, 1.82) is 0 Å². The third kappa shape index (κ3) is 109. The predicted molar refractivity (Wildman–Crippen MR) is 510 cm³/mol. The number of hydrogen-bond acceptors (Lipinski definition) is 52. The topological polar surface area (TPSA) is 707 Å². The van der Waals surface area contributed by atoms with Crippen molar-refractivity contribution in [2.24, 2.45) is 0 Å². The summed E-state index contributed by atoms with van der Waals surface area (Å²) in [6.07, 6.45) is 79.0. The summed E-state index contributed by atoms with van der Waals surface area (Å²) in [6, 6.07) is 35.6. The fraction of sp³-hybridized carbons (Fsp3) is 0. The second kappa shape index (κ2) is 111. The molecule has 53 nitrogen and oxygen atoms in total. The minimum atomic E-state index is -0.784. The number of aromatic amines is 6. The van der Waals surface area contributed by atoms with Crippen molar-refractivity contribution in [2.45, 2.75) is 0 Å². The Bertz CT molecular complexity index is 4080. The van der Waals surface area contributed by atoms with Gasteiger partial charge in [0.1, 0.15) is 61.5 Å². The number of rotatable bonds is 0. The molecule has 0 fully saturated rings. The summed E-state index contributed by atoms with van der Waals surface area (Å²) in [5, 5.41) is 104. The van der Waals surface area contributed by atoms with Crippen LogP contribution in [-0.4, -0.2) is 225 Å². The number of nitrogens with zero attached hydrogens (tertiary/aromatic N) is 39. The molecule has 716 valence electrons. The van der Waals surface area contributed by atoms with Crippen molar-refractivity contribution in [2.75, 3.05) is 0 Å². The van der Waals surface area contributed by atoms with Gasteiger partial charge < -0.3 is 37.5 Å². The van der Waals surface area contributed by atoms with Gasteiger partial charge in [0.05, 0.1) is 109 Å². The molecule has 60 heteroatoms. The summed E-state index contributed by atoms with van der Waals surface area (Å²) < 4.78 is 51.5. The van der Waals surface area contributed by atoms with Gasteiger partial charge in [0, 0.05) is 162 Å². The Balaban J connectivity index is 0.000000723. The molecule has 0 saturated heterocycles. The van der Waals surface area contributed by atoms with Gasteiger partial charge in [-0.2, -0.15) is 70.9 Å². The minimum Gasteiger partial charge on any atom is -0.619 e. The standard InChI is InChI=1S/C5H5NO.2C5H5N.2C4H4N2.C4H5N.C4H4OS.C4H4O.C4H4S.2C3H3N3.2C3H4N2.C3H3NO.2C3H3NS.2C2H3N3.4C2H2N2O.3C2H2N2S.CH2N4/c7-6-4-2-1-3-5-6;2*1-2-4-6-5-3-1;1-2-6-4-3-5-1;1-2-4-6-5-3-1;1-2-4-5-3-1;5-6-3-1-2-4-6;2*1-2-4-5-3-1;1-4-2-6-3-5-1;1-2-5-6-3-4-1;1-2-5-3-4-1;1-2-4-5-3-1;2*1-2-5-3-4-1;1-2-4-5-3-1;1-3-2-5-4-1;1-2-4-5-3-1;1-3-4-2-5-1;1-3-2-5-4-1;1-2-5-4-3-1;1-2-4-5-3-1;1-3-4-2-5-1;1-2-5-4-3-1;2*1-2-4-5-3-1/h1-5H;2*1-5H;2*1-4H;1-5H;1-4H;2*1-4H;2*1-3H;2*1-3H,(H,4,5);3*1-3H;2*1-2H,(H,3,4,5);7*1-2H;1H,(H,2,3,4,5). The summed E-state index contributed by atoms with van der Waals surface area (Å²) in [5.74, 6) is 0. The Hall–Kier alpha value is -19.2. The highest BCUT2D eigenvalue weighted by Crippen LogP contribution is 1.96. The number of tetrazole rings is 1. The molecule has 26 heterocycles. The Morgan fingerprint density at radius 1 is 0.302 bits per heavy atom. The molecule has 0 unspecified atom stereocenters. The molecule has 0 radical (unpaired) electrons. The normalized spacial score (nSPS) is 8.55. The van der Waals surface area contributed by atoms with Gasteiger partial charge in [-0.05, 0) is 107 Å². The number of imidazole rings is 1. The number of thiophene rings is 1. The van der Waals surface area contributed by atoms with Gasteiger partial charge in [0.15, 0.2) is 31.4 Å². The first-order valence-corrected chi connectivity index (χ1v) is 43.9. The number of pyridine rings is 3. The predicted octanol–water partition coefficient (Wildman–Crippen LogP) is 12.5. The molecule has 26 rings (SSSR count). The second-order valence-corrected chi connectivity index (χ2v) is 25.1. The molecular formula is C79H85N45O8S7. The van der Waals surface area contributed by atoms with Crippen LogP contribution >= 0.6 is 68.8 Å². The second-order valence-electron chi connectivity index (χ2n) is 19.7. The highest BCUT2D eigenvalue weighted by molar-refractivity contribution is 7.91. The van der Waals surface area contributed by atoms with Gasteiger partial charge in [-0.3, -0.25) is 39.3 Å². The van der Waals surface area contributed by atoms with Gasteiger partial charge >= 0.3 is 0 Å². The highest BCUT2D eigenvalue weighted by Gasteiger charge is 1.86. The lowest BCUT2D eigenvalue weighted by atomic mass is 10.5. The first kappa shape index (κ1) is 118. The lowest BCUT2D eigenvalue weighted by Gasteiger charge is -1.88. The largest absolute Gasteiger partial charge is 0.619 e. The molecule has 0 aromatic carbocycles. The van der Waals surface area contributed by atoms with Crippen molar-refractivity contribution in [1.82, 2.24) is 221 Å². The van der Waals surface area contributed by atoms with E-state index in [4.69, 9.17) is 0 Å². The van der Waals surface area contributed by atoms with Crippen molar-refractivity contribution in [3.05, 3.63) is 487 Å². The number of furan rings is 1. The van der Waals surface area contributed by atoms with E-state index in [-0.39, 0.29) is 0 Å². The molecule has 139 heavy (non-hydrogen) atoms. The van der Waals surface area contributed by atoms with Crippen molar-refractivity contribution < 1.29 is 35.9 Å². The van der Waals surface area contributed by atoms with E-state index in [1.54, 1.807) is 242 Å². The third-order valence-corrected chi connectivity index (χ3v) is 14.1. The van der Waals surface area contributed by atoms with Gasteiger partial charge in [-0.1, -0.05) is 67.7 Å². The summed E-state index contributed by atoms with van der Waals surface area (Å²) >= 11 is 8.83. The maximum absolute atomic E-state index is 10.2. The summed E-state index contributed by atoms with van der Waals surface area (Å²) in [5.41, 5.74) is 5.15. The van der Waals surface area contributed by atoms with Crippen LogP contribution in [0.1, 0.15) is 0 Å². The summed E-state index contributed by atoms with van der Waals surface area (Å²) in [6.45, 7) is 0. The molecule has 0 saturated carbocycles. The number of hydrogen-bond donors (Lipinski definition) is 6. The van der Waals surface area contributed by atoms with Gasteiger partial charge in [0.25, 0.3) is 0 Å². The summed E-state index contributed by atoms with van der Waals surface area (Å²) in [7, 11) is -0.784. The van der Waals surface area contributed by atoms with E-state index < -0.39 is 10.8 Å². The fourth-order valence-corrected chi connectivity index (χ4v) is 7.87. The van der Waals surface area contributed by atoms with Crippen LogP contribution in [0.25, 0.3) is 0 Å². The van der Waals surface area contributed by atoms with Gasteiger partial charge in [-0.25, -0.2) is 48.9 Å². The van der Waals surface area contributed by atoms with Gasteiger partial charge in [0.2, 0.25) is 19.2 Å². The van der Waals surface area contributed by atoms with E-state index in [1.807, 2.05) is 136 Å². The van der Waals surface area contributed by atoms with Crippen LogP contribution in [0.2, 0.25) is 0 Å². The average molecular weight is 2020 g/mol. The molecule has 25 aromatic heterocycles. The van der Waals surface area contributed by atoms with Crippen LogP contribution in [0.5, 0.6) is 0 Å². The SMILES string of the molecule is O=S1C=CC=C1.[O-][n+]1ccccc1.c1c[nH]cn1.c1cc[nH]c1.c1ccncc1.c1ccncc1.c1ccnnc1.c1ccoc1.c1ccsc1.c1cn[nH]c1.c1cn[nH]n1.c1cnccn1.c1cnncn1.c1cnon1.c1cnsc1.c1cnsn1.c1cocn1.c1conn1.c1cscn1.c1csnn1.c1nc[nH]n1.c1ncncn1.c1ncon1.c1nn[nH]n1.c1nnco1.c1nncs1. The van der Waals surface area contributed by atoms with E-state index in [0.29, 0.717) is 0 Å². The zero-order valence-electron chi connectivity index (χ0n) is 72.2. The van der Waals surface area contributed by atoms with E-state index in [0.717, 1.165) is 4.73 Å². The van der Waals surface area contributed by atoms with Crippen LogP contribution in [0, 0.1) is 5.21 Å². The quantitative estimate of drug-likeness (QED) is 0.0606. The van der Waals surface area contributed by atoms with Crippen LogP contribution in [0.15, 0.2) is 508 Å². The molecule has 1 aliphatic rings. The lowest BCUT2D eigenvalue weighted by molar-refractivity contribution is -0.605. The number of oxazole rings is 1. The number of thiazole rings is 1. The van der Waals surface area contributed by atoms with Crippen LogP contribution in [0.3, 0.4) is 0 Å². The van der Waals surface area contributed by atoms with Crippen molar-refractivity contribution in [3.63, 3.8) is 0 Å². The summed E-state index contributed by atoms with van der Waals surface area (Å²) in [4.78, 5) is 52.9.